The van der Waals surface area contributed by atoms with Crippen LogP contribution < -0.4 is 15.4 Å². The van der Waals surface area contributed by atoms with Gasteiger partial charge >= 0.3 is 6.03 Å². The number of urea groups is 1. The molecule has 1 aromatic carbocycles. The van der Waals surface area contributed by atoms with E-state index < -0.39 is 0 Å². The van der Waals surface area contributed by atoms with Gasteiger partial charge in [0.1, 0.15) is 5.75 Å². The summed E-state index contributed by atoms with van der Waals surface area (Å²) in [7, 11) is 1.55. The normalized spacial score (nSPS) is 20.8. The predicted molar refractivity (Wildman–Crippen MR) is 78.3 cm³/mol. The van der Waals surface area contributed by atoms with Gasteiger partial charge in [-0.15, -0.1) is 0 Å². The number of hydrogen-bond donors (Lipinski definition) is 3. The molecule has 0 aromatic heterocycles. The first-order valence-corrected chi connectivity index (χ1v) is 6.70. The van der Waals surface area contributed by atoms with Gasteiger partial charge in [-0.1, -0.05) is 23.8 Å². The molecule has 1 aromatic rings. The number of aliphatic hydroxyl groups is 1. The van der Waals surface area contributed by atoms with E-state index in [1.807, 2.05) is 12.2 Å². The van der Waals surface area contributed by atoms with Crippen molar-refractivity contribution in [3.63, 3.8) is 0 Å². The van der Waals surface area contributed by atoms with Crippen molar-refractivity contribution in [2.45, 2.75) is 12.5 Å². The van der Waals surface area contributed by atoms with Crippen molar-refractivity contribution in [3.05, 3.63) is 35.4 Å². The first-order chi connectivity index (χ1) is 9.62. The Labute approximate surface area is 122 Å². The zero-order valence-corrected chi connectivity index (χ0v) is 11.9. The molecule has 0 saturated carbocycles. The highest BCUT2D eigenvalue weighted by Crippen LogP contribution is 2.26. The van der Waals surface area contributed by atoms with Gasteiger partial charge in [0.2, 0.25) is 0 Å². The number of carbonyl (C=O) groups is 1. The molecule has 2 rings (SSSR count). The smallest absolute Gasteiger partial charge is 0.319 e. The third kappa shape index (κ3) is 3.65. The minimum absolute atomic E-state index is 0.0727. The standard InChI is InChI=1S/C14H17ClN2O3/c1-20-11-4-5-12(15)13(7-11)17-14(19)16-10-3-2-9(6-10)8-18/h2-5,7,9-10,18H,6,8H2,1H3,(H2,16,17,19)/t9-,10+/m0/s1. The predicted octanol–water partition coefficient (Wildman–Crippen LogP) is 2.41. The molecule has 0 bridgehead atoms. The molecule has 5 nitrogen and oxygen atoms in total. The largest absolute Gasteiger partial charge is 0.497 e. The fourth-order valence-electron chi connectivity index (χ4n) is 2.07. The maximum absolute atomic E-state index is 11.9. The lowest BCUT2D eigenvalue weighted by molar-refractivity contribution is 0.238. The summed E-state index contributed by atoms with van der Waals surface area (Å²) in [5, 5.41) is 15.0. The van der Waals surface area contributed by atoms with Gasteiger partial charge in [0.15, 0.2) is 0 Å². The number of methoxy groups -OCH3 is 1. The van der Waals surface area contributed by atoms with Crippen molar-refractivity contribution in [1.82, 2.24) is 5.32 Å². The molecule has 108 valence electrons. The molecule has 6 heteroatoms. The lowest BCUT2D eigenvalue weighted by Crippen LogP contribution is -2.36. The van der Waals surface area contributed by atoms with Gasteiger partial charge in [-0.2, -0.15) is 0 Å². The Kier molecular flexibility index (Phi) is 4.87. The SMILES string of the molecule is COc1ccc(Cl)c(NC(=O)N[C@@H]2C=C[C@H](CO)C2)c1. The van der Waals surface area contributed by atoms with Crippen molar-refractivity contribution >= 4 is 23.3 Å². The molecule has 0 aliphatic heterocycles. The van der Waals surface area contributed by atoms with Crippen molar-refractivity contribution in [1.29, 1.82) is 0 Å². The number of rotatable bonds is 4. The van der Waals surface area contributed by atoms with Crippen LogP contribution >= 0.6 is 11.6 Å². The molecule has 0 fully saturated rings. The van der Waals surface area contributed by atoms with Gasteiger partial charge in [0, 0.05) is 24.6 Å². The van der Waals surface area contributed by atoms with Crippen LogP contribution in [0.15, 0.2) is 30.4 Å². The van der Waals surface area contributed by atoms with Crippen LogP contribution in [0.5, 0.6) is 5.75 Å². The van der Waals surface area contributed by atoms with Crippen LogP contribution in [0.2, 0.25) is 5.02 Å². The maximum Gasteiger partial charge on any atom is 0.319 e. The monoisotopic (exact) mass is 296 g/mol. The third-order valence-corrected chi connectivity index (χ3v) is 3.47. The molecule has 0 heterocycles. The van der Waals surface area contributed by atoms with Gasteiger partial charge in [0.05, 0.1) is 17.8 Å². The summed E-state index contributed by atoms with van der Waals surface area (Å²) in [4.78, 5) is 11.9. The second-order valence-corrected chi connectivity index (χ2v) is 5.02. The summed E-state index contributed by atoms with van der Waals surface area (Å²) in [6, 6.07) is 4.62. The van der Waals surface area contributed by atoms with Crippen LogP contribution in [-0.2, 0) is 0 Å². The molecule has 0 unspecified atom stereocenters. The van der Waals surface area contributed by atoms with Gasteiger partial charge in [-0.05, 0) is 18.6 Å². The van der Waals surface area contributed by atoms with Crippen LogP contribution in [0.4, 0.5) is 10.5 Å². The van der Waals surface area contributed by atoms with E-state index in [0.717, 1.165) is 0 Å². The fraction of sp³-hybridized carbons (Fsp3) is 0.357. The molecule has 2 amide bonds. The quantitative estimate of drug-likeness (QED) is 0.747. The Balaban J connectivity index is 1.93. The van der Waals surface area contributed by atoms with Crippen molar-refractivity contribution in [3.8, 4) is 5.75 Å². The lowest BCUT2D eigenvalue weighted by Gasteiger charge is -2.14. The molecule has 2 atom stereocenters. The highest BCUT2D eigenvalue weighted by atomic mass is 35.5. The molecule has 1 aliphatic carbocycles. The molecular weight excluding hydrogens is 280 g/mol. The van der Waals surface area contributed by atoms with E-state index in [-0.39, 0.29) is 24.6 Å². The van der Waals surface area contributed by atoms with E-state index in [2.05, 4.69) is 10.6 Å². The highest BCUT2D eigenvalue weighted by Gasteiger charge is 2.20. The van der Waals surface area contributed by atoms with Crippen LogP contribution in [0.25, 0.3) is 0 Å². The van der Waals surface area contributed by atoms with Crippen molar-refractivity contribution in [2.24, 2.45) is 5.92 Å². The van der Waals surface area contributed by atoms with Crippen LogP contribution in [-0.4, -0.2) is 30.9 Å². The minimum atomic E-state index is -0.339. The summed E-state index contributed by atoms with van der Waals surface area (Å²) < 4.78 is 5.08. The summed E-state index contributed by atoms with van der Waals surface area (Å²) >= 11 is 6.01. The lowest BCUT2D eigenvalue weighted by atomic mass is 10.1. The molecule has 0 saturated heterocycles. The Morgan fingerprint density at radius 1 is 1.50 bits per heavy atom. The molecule has 0 radical (unpaired) electrons. The van der Waals surface area contributed by atoms with E-state index >= 15 is 0 Å². The average molecular weight is 297 g/mol. The van der Waals surface area contributed by atoms with E-state index in [4.69, 9.17) is 21.4 Å². The van der Waals surface area contributed by atoms with Crippen molar-refractivity contribution < 1.29 is 14.6 Å². The first kappa shape index (κ1) is 14.7. The summed E-state index contributed by atoms with van der Waals surface area (Å²) in [6.45, 7) is 0.0952. The number of hydrogen-bond acceptors (Lipinski definition) is 3. The first-order valence-electron chi connectivity index (χ1n) is 6.32. The zero-order chi connectivity index (χ0) is 14.5. The number of ether oxygens (including phenoxy) is 1. The second kappa shape index (κ2) is 6.63. The topological polar surface area (TPSA) is 70.6 Å². The Hall–Kier alpha value is -1.72. The van der Waals surface area contributed by atoms with Crippen LogP contribution in [0.3, 0.4) is 0 Å². The van der Waals surface area contributed by atoms with Gasteiger partial charge in [-0.3, -0.25) is 0 Å². The molecule has 3 N–H and O–H groups in total. The summed E-state index contributed by atoms with van der Waals surface area (Å²) in [5.74, 6) is 0.728. The number of halogens is 1. The third-order valence-electron chi connectivity index (χ3n) is 3.14. The molecule has 1 aliphatic rings. The molecule has 20 heavy (non-hydrogen) atoms. The van der Waals surface area contributed by atoms with E-state index in [1.54, 1.807) is 25.3 Å². The van der Waals surface area contributed by atoms with E-state index in [1.165, 1.54) is 0 Å². The Morgan fingerprint density at radius 2 is 2.30 bits per heavy atom. The molecular formula is C14H17ClN2O3. The summed E-state index contributed by atoms with van der Waals surface area (Å²) in [5.41, 5.74) is 0.490. The van der Waals surface area contributed by atoms with E-state index in [9.17, 15) is 4.79 Å². The second-order valence-electron chi connectivity index (χ2n) is 4.61. The highest BCUT2D eigenvalue weighted by molar-refractivity contribution is 6.33. The average Bonchev–Trinajstić information content (AvgIpc) is 2.88. The summed E-state index contributed by atoms with van der Waals surface area (Å²) in [6.07, 6.45) is 4.49. The Morgan fingerprint density at radius 3 is 2.95 bits per heavy atom. The van der Waals surface area contributed by atoms with Crippen LogP contribution in [0.1, 0.15) is 6.42 Å². The van der Waals surface area contributed by atoms with Gasteiger partial charge in [0.25, 0.3) is 0 Å². The van der Waals surface area contributed by atoms with Gasteiger partial charge in [-0.25, -0.2) is 4.79 Å². The number of carbonyl (C=O) groups excluding carboxylic acids is 1. The number of aliphatic hydroxyl groups excluding tert-OH is 1. The minimum Gasteiger partial charge on any atom is -0.497 e. The molecule has 0 spiro atoms. The maximum atomic E-state index is 11.9. The number of anilines is 1. The van der Waals surface area contributed by atoms with Crippen LogP contribution in [0, 0.1) is 5.92 Å². The zero-order valence-electron chi connectivity index (χ0n) is 11.1. The number of nitrogens with one attached hydrogen (secondary N) is 2. The van der Waals surface area contributed by atoms with E-state index in [0.29, 0.717) is 22.9 Å². The number of amides is 2. The van der Waals surface area contributed by atoms with Crippen molar-refractivity contribution in [2.75, 3.05) is 19.0 Å². The Bertz CT molecular complexity index is 519. The van der Waals surface area contributed by atoms with Gasteiger partial charge < -0.3 is 20.5 Å². The fourth-order valence-corrected chi connectivity index (χ4v) is 2.24. The number of benzene rings is 1.